The first-order chi connectivity index (χ1) is 28.4. The molecule has 0 aliphatic carbocycles. The standard InChI is InChI=1S/C50H61N3O6/c1-12-37(39-15-19-41(51-8)20-16-39)25-35(6)32-53-46-30-50(48(57-11)28-44(46)36(7)54)59-24-14-23-58-49-29-45(43(33(3)4)27-47(49)56-10)52-31-34(5)26-38(13-2)40-17-21-42(55-9)22-18-40/h12-13,15-22,27-32,34-35,51H,3,14,23-26H2,1-2,4-11H3/b37-12+,38-13+,52-31?,53-32?/t34?,35-/m0/s1. The number of allylic oxidation sites excluding steroid dienone is 5. The van der Waals surface area contributed by atoms with Crippen LogP contribution in [0.3, 0.4) is 0 Å². The number of ether oxygens (including phenoxy) is 5. The molecule has 0 amide bonds. The Hall–Kier alpha value is -6.09. The molecule has 1 unspecified atom stereocenters. The summed E-state index contributed by atoms with van der Waals surface area (Å²) in [6.07, 6.45) is 10.3. The van der Waals surface area contributed by atoms with Gasteiger partial charge >= 0.3 is 0 Å². The highest BCUT2D eigenvalue weighted by atomic mass is 16.5. The predicted molar refractivity (Wildman–Crippen MR) is 246 cm³/mol. The van der Waals surface area contributed by atoms with E-state index in [0.29, 0.717) is 53.9 Å². The van der Waals surface area contributed by atoms with Crippen LogP contribution in [0.2, 0.25) is 0 Å². The van der Waals surface area contributed by atoms with Gasteiger partial charge in [-0.15, -0.1) is 0 Å². The third-order valence-electron chi connectivity index (χ3n) is 9.93. The third kappa shape index (κ3) is 13.0. The van der Waals surface area contributed by atoms with E-state index in [4.69, 9.17) is 33.7 Å². The Kier molecular flexibility index (Phi) is 17.6. The minimum absolute atomic E-state index is 0.109. The fourth-order valence-corrected chi connectivity index (χ4v) is 6.58. The molecule has 0 aliphatic rings. The van der Waals surface area contributed by atoms with Crippen LogP contribution in [0.25, 0.3) is 16.7 Å². The Morgan fingerprint density at radius 1 is 0.678 bits per heavy atom. The number of aliphatic imine (C=N–C) groups is 2. The molecule has 312 valence electrons. The molecule has 4 aromatic carbocycles. The van der Waals surface area contributed by atoms with Crippen LogP contribution in [-0.4, -0.2) is 59.8 Å². The monoisotopic (exact) mass is 799 g/mol. The maximum absolute atomic E-state index is 12.7. The van der Waals surface area contributed by atoms with E-state index in [9.17, 15) is 4.79 Å². The van der Waals surface area contributed by atoms with Crippen molar-refractivity contribution in [3.8, 4) is 28.7 Å². The number of methoxy groups -OCH3 is 3. The van der Waals surface area contributed by atoms with Crippen molar-refractivity contribution in [3.63, 3.8) is 0 Å². The van der Waals surface area contributed by atoms with Crippen molar-refractivity contribution in [2.45, 2.75) is 60.8 Å². The van der Waals surface area contributed by atoms with Crippen LogP contribution < -0.4 is 29.0 Å². The number of ketones is 1. The van der Waals surface area contributed by atoms with Crippen molar-refractivity contribution >= 4 is 52.0 Å². The number of Topliss-reactive ketones (excluding diaryl/α,β-unsaturated/α-hetero) is 1. The topological polar surface area (TPSA) is 100.0 Å². The maximum atomic E-state index is 12.7. The summed E-state index contributed by atoms with van der Waals surface area (Å²) in [4.78, 5) is 22.4. The average molecular weight is 800 g/mol. The highest BCUT2D eigenvalue weighted by Crippen LogP contribution is 2.39. The van der Waals surface area contributed by atoms with E-state index in [0.717, 1.165) is 46.7 Å². The second-order valence-corrected chi connectivity index (χ2v) is 14.5. The van der Waals surface area contributed by atoms with E-state index in [2.05, 4.69) is 81.2 Å². The molecule has 9 nitrogen and oxygen atoms in total. The molecular formula is C50H61N3O6. The zero-order valence-corrected chi connectivity index (χ0v) is 36.5. The Morgan fingerprint density at radius 3 is 1.54 bits per heavy atom. The van der Waals surface area contributed by atoms with E-state index in [1.165, 1.54) is 23.6 Å². The second-order valence-electron chi connectivity index (χ2n) is 14.5. The second kappa shape index (κ2) is 22.7. The van der Waals surface area contributed by atoms with Crippen molar-refractivity contribution in [2.24, 2.45) is 21.8 Å². The third-order valence-corrected chi connectivity index (χ3v) is 9.93. The molecular weight excluding hydrogens is 739 g/mol. The Labute approximate surface area is 351 Å². The number of carbonyl (C=O) groups excluding carboxylic acids is 1. The fraction of sp³-hybridized carbons (Fsp3) is 0.340. The molecule has 1 N–H and O–H groups in total. The summed E-state index contributed by atoms with van der Waals surface area (Å²) in [5, 5.41) is 3.16. The largest absolute Gasteiger partial charge is 0.497 e. The van der Waals surface area contributed by atoms with Crippen LogP contribution in [0.15, 0.2) is 102 Å². The lowest BCUT2D eigenvalue weighted by atomic mass is 9.95. The molecule has 0 saturated carbocycles. The summed E-state index contributed by atoms with van der Waals surface area (Å²) in [6.45, 7) is 16.7. The molecule has 2 atom stereocenters. The smallest absolute Gasteiger partial charge is 0.163 e. The van der Waals surface area contributed by atoms with Crippen LogP contribution in [0.1, 0.15) is 87.9 Å². The average Bonchev–Trinajstić information content (AvgIpc) is 3.25. The van der Waals surface area contributed by atoms with Gasteiger partial charge in [0.05, 0.1) is 45.9 Å². The van der Waals surface area contributed by atoms with Crippen LogP contribution in [-0.2, 0) is 0 Å². The minimum atomic E-state index is -0.109. The van der Waals surface area contributed by atoms with Crippen molar-refractivity contribution < 1.29 is 28.5 Å². The lowest BCUT2D eigenvalue weighted by molar-refractivity contribution is 0.101. The summed E-state index contributed by atoms with van der Waals surface area (Å²) >= 11 is 0. The number of nitrogens with zero attached hydrogens (tertiary/aromatic N) is 2. The first kappa shape index (κ1) is 45.6. The van der Waals surface area contributed by atoms with E-state index >= 15 is 0 Å². The van der Waals surface area contributed by atoms with E-state index < -0.39 is 0 Å². The number of rotatable bonds is 22. The first-order valence-electron chi connectivity index (χ1n) is 20.1. The highest BCUT2D eigenvalue weighted by molar-refractivity contribution is 6.00. The van der Waals surface area contributed by atoms with E-state index in [1.54, 1.807) is 33.5 Å². The summed E-state index contributed by atoms with van der Waals surface area (Å²) in [6, 6.07) is 23.8. The first-order valence-corrected chi connectivity index (χ1v) is 20.1. The molecule has 0 bridgehead atoms. The molecule has 0 heterocycles. The number of anilines is 1. The van der Waals surface area contributed by atoms with Gasteiger partial charge in [0.15, 0.2) is 28.8 Å². The van der Waals surface area contributed by atoms with Crippen LogP contribution in [0.4, 0.5) is 17.1 Å². The van der Waals surface area contributed by atoms with Crippen LogP contribution in [0, 0.1) is 11.8 Å². The summed E-state index contributed by atoms with van der Waals surface area (Å²) in [7, 11) is 6.76. The molecule has 0 spiro atoms. The molecule has 0 saturated heterocycles. The van der Waals surface area contributed by atoms with Gasteiger partial charge in [-0.1, -0.05) is 56.8 Å². The van der Waals surface area contributed by atoms with Gasteiger partial charge in [0, 0.05) is 54.8 Å². The van der Waals surface area contributed by atoms with Crippen LogP contribution in [0.5, 0.6) is 28.7 Å². The molecule has 4 rings (SSSR count). The maximum Gasteiger partial charge on any atom is 0.163 e. The van der Waals surface area contributed by atoms with Gasteiger partial charge in [0.2, 0.25) is 0 Å². The number of nitrogens with one attached hydrogen (secondary N) is 1. The fourth-order valence-electron chi connectivity index (χ4n) is 6.58. The van der Waals surface area contributed by atoms with Gasteiger partial charge in [-0.2, -0.15) is 0 Å². The van der Waals surface area contributed by atoms with Gasteiger partial charge in [0.25, 0.3) is 0 Å². The van der Waals surface area contributed by atoms with Gasteiger partial charge < -0.3 is 29.0 Å². The normalized spacial score (nSPS) is 13.0. The van der Waals surface area contributed by atoms with Gasteiger partial charge in [-0.3, -0.25) is 14.8 Å². The van der Waals surface area contributed by atoms with Crippen molar-refractivity contribution in [3.05, 3.63) is 114 Å². The molecule has 4 aromatic rings. The minimum Gasteiger partial charge on any atom is -0.497 e. The van der Waals surface area contributed by atoms with Gasteiger partial charge in [-0.25, -0.2) is 0 Å². The Morgan fingerprint density at radius 2 is 1.14 bits per heavy atom. The molecule has 0 radical (unpaired) electrons. The van der Waals surface area contributed by atoms with Crippen molar-refractivity contribution in [1.82, 2.24) is 0 Å². The summed E-state index contributed by atoms with van der Waals surface area (Å²) < 4.78 is 29.1. The molecule has 0 aromatic heterocycles. The number of hydrogen-bond acceptors (Lipinski definition) is 9. The lowest BCUT2D eigenvalue weighted by Crippen LogP contribution is -2.07. The van der Waals surface area contributed by atoms with Crippen molar-refractivity contribution in [1.29, 1.82) is 0 Å². The predicted octanol–water partition coefficient (Wildman–Crippen LogP) is 12.5. The molecule has 0 aliphatic heterocycles. The molecule has 0 fully saturated rings. The molecule has 9 heteroatoms. The SMILES string of the molecule is C=C(C)c1cc(OC)c(OCCCOc2cc(N=C[C@@H](C)C/C(=C\C)c3ccc(NC)cc3)c(C(C)=O)cc2OC)cc1N=CC(C)C/C(=C\C)c1ccc(OC)cc1. The quantitative estimate of drug-likeness (QED) is 0.0480. The zero-order valence-electron chi connectivity index (χ0n) is 36.5. The zero-order chi connectivity index (χ0) is 42.9. The lowest BCUT2D eigenvalue weighted by Gasteiger charge is -2.16. The Balaban J connectivity index is 1.43. The van der Waals surface area contributed by atoms with E-state index in [1.807, 2.05) is 57.6 Å². The Bertz CT molecular complexity index is 2000. The van der Waals surface area contributed by atoms with E-state index in [-0.39, 0.29) is 17.6 Å². The number of benzene rings is 4. The van der Waals surface area contributed by atoms with Gasteiger partial charge in [-0.05, 0) is 117 Å². The summed E-state index contributed by atoms with van der Waals surface area (Å²) in [5.74, 6) is 3.14. The van der Waals surface area contributed by atoms with Gasteiger partial charge in [0.1, 0.15) is 5.75 Å². The number of carbonyl (C=O) groups is 1. The highest BCUT2D eigenvalue weighted by Gasteiger charge is 2.17. The summed E-state index contributed by atoms with van der Waals surface area (Å²) in [5.41, 5.74) is 9.37. The molecule has 59 heavy (non-hydrogen) atoms. The van der Waals surface area contributed by atoms with Crippen molar-refractivity contribution in [2.75, 3.05) is 46.9 Å². The number of hydrogen-bond donors (Lipinski definition) is 1. The van der Waals surface area contributed by atoms with Crippen LogP contribution >= 0.6 is 0 Å².